The molecule has 2 aliphatic rings. The van der Waals surface area contributed by atoms with Gasteiger partial charge >= 0.3 is 13.2 Å². The van der Waals surface area contributed by atoms with Gasteiger partial charge in [0.2, 0.25) is 0 Å². The molecule has 5 nitrogen and oxygen atoms in total. The summed E-state index contributed by atoms with van der Waals surface area (Å²) in [6, 6.07) is 0.107. The number of carbonyl (C=O) groups excluding carboxylic acids is 1. The Morgan fingerprint density at radius 3 is 2.26 bits per heavy atom. The predicted octanol–water partition coefficient (Wildman–Crippen LogP) is 3.57. The topological polar surface area (TPSA) is 48.0 Å². The summed E-state index contributed by atoms with van der Waals surface area (Å²) in [5.41, 5.74) is -0.258. The number of carbonyl (C=O) groups is 1. The second-order valence-corrected chi connectivity index (χ2v) is 8.56. The first kappa shape index (κ1) is 18.3. The van der Waals surface area contributed by atoms with Crippen LogP contribution in [0.15, 0.2) is 11.5 Å². The van der Waals surface area contributed by atoms with E-state index >= 15 is 0 Å². The summed E-state index contributed by atoms with van der Waals surface area (Å²) in [6.45, 7) is 16.3. The number of hydrogen-bond acceptors (Lipinski definition) is 4. The first-order chi connectivity index (χ1) is 10.3. The van der Waals surface area contributed by atoms with Crippen molar-refractivity contribution in [2.45, 2.75) is 84.7 Å². The summed E-state index contributed by atoms with van der Waals surface area (Å²) in [5.74, 6) is 0. The van der Waals surface area contributed by atoms with Crippen molar-refractivity contribution in [3.63, 3.8) is 0 Å². The Hall–Kier alpha value is -1.01. The van der Waals surface area contributed by atoms with Gasteiger partial charge in [0.05, 0.1) is 11.2 Å². The van der Waals surface area contributed by atoms with E-state index in [9.17, 15) is 4.79 Å². The van der Waals surface area contributed by atoms with E-state index < -0.39 is 12.7 Å². The molecular formula is C17H30BNO4. The lowest BCUT2D eigenvalue weighted by atomic mass is 9.75. The van der Waals surface area contributed by atoms with Gasteiger partial charge in [0.1, 0.15) is 5.60 Å². The number of amides is 1. The van der Waals surface area contributed by atoms with Crippen LogP contribution in [0.1, 0.15) is 61.8 Å². The van der Waals surface area contributed by atoms with E-state index in [1.807, 2.05) is 55.4 Å². The summed E-state index contributed by atoms with van der Waals surface area (Å²) >= 11 is 0. The highest BCUT2D eigenvalue weighted by molar-refractivity contribution is 6.54. The van der Waals surface area contributed by atoms with Gasteiger partial charge in [-0.2, -0.15) is 0 Å². The number of hydrogen-bond donors (Lipinski definition) is 0. The fourth-order valence-corrected chi connectivity index (χ4v) is 2.60. The number of rotatable bonds is 1. The minimum atomic E-state index is -0.498. The van der Waals surface area contributed by atoms with E-state index in [-0.39, 0.29) is 23.3 Å². The van der Waals surface area contributed by atoms with Crippen LogP contribution in [-0.4, -0.2) is 47.5 Å². The van der Waals surface area contributed by atoms with Gasteiger partial charge < -0.3 is 18.9 Å². The maximum absolute atomic E-state index is 12.4. The van der Waals surface area contributed by atoms with Gasteiger partial charge in [-0.1, -0.05) is 6.08 Å². The molecule has 0 bridgehead atoms. The first-order valence-electron chi connectivity index (χ1n) is 8.36. The normalized spacial score (nSPS) is 27.0. The molecule has 0 N–H and O–H groups in total. The van der Waals surface area contributed by atoms with Crippen molar-refractivity contribution in [1.29, 1.82) is 0 Å². The Morgan fingerprint density at radius 2 is 1.78 bits per heavy atom. The first-order valence-corrected chi connectivity index (χ1v) is 8.36. The maximum atomic E-state index is 12.4. The monoisotopic (exact) mass is 323 g/mol. The zero-order valence-electron chi connectivity index (χ0n) is 15.7. The molecule has 2 rings (SSSR count). The largest absolute Gasteiger partial charge is 0.492 e. The van der Waals surface area contributed by atoms with Crippen molar-refractivity contribution in [3.05, 3.63) is 11.5 Å². The van der Waals surface area contributed by atoms with Crippen LogP contribution in [0.3, 0.4) is 0 Å². The van der Waals surface area contributed by atoms with Crippen LogP contribution >= 0.6 is 0 Å². The van der Waals surface area contributed by atoms with Crippen LogP contribution in [0.5, 0.6) is 0 Å². The highest BCUT2D eigenvalue weighted by Gasteiger charge is 2.53. The maximum Gasteiger partial charge on any atom is 0.492 e. The second kappa shape index (κ2) is 5.81. The third kappa shape index (κ3) is 3.91. The summed E-state index contributed by atoms with van der Waals surface area (Å²) in [4.78, 5) is 14.2. The Labute approximate surface area is 140 Å². The zero-order valence-corrected chi connectivity index (χ0v) is 15.7. The van der Waals surface area contributed by atoms with Crippen molar-refractivity contribution >= 4 is 13.2 Å². The van der Waals surface area contributed by atoms with Crippen LogP contribution in [0.2, 0.25) is 0 Å². The van der Waals surface area contributed by atoms with Crippen molar-refractivity contribution in [2.75, 3.05) is 6.54 Å². The van der Waals surface area contributed by atoms with Crippen LogP contribution in [0.25, 0.3) is 0 Å². The van der Waals surface area contributed by atoms with Gasteiger partial charge in [-0.05, 0) is 67.3 Å². The molecule has 0 aromatic heterocycles. The van der Waals surface area contributed by atoms with Crippen molar-refractivity contribution < 1.29 is 18.8 Å². The Balaban J connectivity index is 2.10. The van der Waals surface area contributed by atoms with Gasteiger partial charge in [-0.15, -0.1) is 0 Å². The fraction of sp³-hybridized carbons (Fsp3) is 0.824. The van der Waals surface area contributed by atoms with Gasteiger partial charge in [0, 0.05) is 12.6 Å². The molecule has 1 fully saturated rings. The second-order valence-electron chi connectivity index (χ2n) is 8.56. The average molecular weight is 323 g/mol. The molecule has 2 aliphatic heterocycles. The molecule has 130 valence electrons. The van der Waals surface area contributed by atoms with Crippen LogP contribution in [0, 0.1) is 0 Å². The molecule has 0 aromatic rings. The molecule has 1 amide bonds. The smallest absolute Gasteiger partial charge is 0.444 e. The summed E-state index contributed by atoms with van der Waals surface area (Å²) in [7, 11) is -0.405. The fourth-order valence-electron chi connectivity index (χ4n) is 2.60. The lowest BCUT2D eigenvalue weighted by molar-refractivity contribution is 0.00578. The highest BCUT2D eigenvalue weighted by atomic mass is 16.7. The molecule has 0 radical (unpaired) electrons. The van der Waals surface area contributed by atoms with Crippen LogP contribution in [-0.2, 0) is 14.0 Å². The summed E-state index contributed by atoms with van der Waals surface area (Å²) in [5, 5.41) is 0. The van der Waals surface area contributed by atoms with Gasteiger partial charge in [0.25, 0.3) is 0 Å². The molecule has 6 heteroatoms. The van der Waals surface area contributed by atoms with Crippen LogP contribution < -0.4 is 0 Å². The summed E-state index contributed by atoms with van der Waals surface area (Å²) < 4.78 is 17.7. The Bertz CT molecular complexity index is 491. The quantitative estimate of drug-likeness (QED) is 0.692. The van der Waals surface area contributed by atoms with E-state index in [4.69, 9.17) is 14.0 Å². The van der Waals surface area contributed by atoms with Crippen molar-refractivity contribution in [1.82, 2.24) is 4.90 Å². The Morgan fingerprint density at radius 1 is 1.26 bits per heavy atom. The minimum absolute atomic E-state index is 0.107. The van der Waals surface area contributed by atoms with E-state index in [1.165, 1.54) is 0 Å². The molecule has 1 atom stereocenters. The molecule has 0 spiro atoms. The molecule has 0 saturated carbocycles. The van der Waals surface area contributed by atoms with Crippen molar-refractivity contribution in [2.24, 2.45) is 0 Å². The number of nitrogens with zero attached hydrogens (tertiary/aromatic N) is 1. The summed E-state index contributed by atoms with van der Waals surface area (Å²) in [6.07, 6.45) is 2.62. The van der Waals surface area contributed by atoms with Crippen molar-refractivity contribution in [3.8, 4) is 0 Å². The van der Waals surface area contributed by atoms with Gasteiger partial charge in [-0.3, -0.25) is 0 Å². The Kier molecular flexibility index (Phi) is 4.64. The van der Waals surface area contributed by atoms with E-state index in [0.717, 1.165) is 11.9 Å². The SMILES string of the molecule is CC1CC=C(B2OC(C)(C)C(C)(C)O2)CN1C(=O)OC(C)(C)C. The average Bonchev–Trinajstić information content (AvgIpc) is 2.56. The molecule has 1 unspecified atom stereocenters. The minimum Gasteiger partial charge on any atom is -0.444 e. The predicted molar refractivity (Wildman–Crippen MR) is 91.2 cm³/mol. The van der Waals surface area contributed by atoms with E-state index in [0.29, 0.717) is 6.54 Å². The molecule has 0 aliphatic carbocycles. The van der Waals surface area contributed by atoms with Crippen LogP contribution in [0.4, 0.5) is 4.79 Å². The van der Waals surface area contributed by atoms with E-state index in [2.05, 4.69) is 6.08 Å². The molecule has 2 heterocycles. The third-order valence-corrected chi connectivity index (χ3v) is 4.79. The van der Waals surface area contributed by atoms with Gasteiger partial charge in [-0.25, -0.2) is 4.79 Å². The molecule has 23 heavy (non-hydrogen) atoms. The zero-order chi connectivity index (χ0) is 17.6. The molecule has 0 aromatic carbocycles. The van der Waals surface area contributed by atoms with Gasteiger partial charge in [0.15, 0.2) is 0 Å². The molecular weight excluding hydrogens is 293 g/mol. The standard InChI is InChI=1S/C17H30BNO4/c1-12-9-10-13(11-19(12)14(20)21-15(2,3)4)18-22-16(5,6)17(7,8)23-18/h10,12H,9,11H2,1-8H3. The van der Waals surface area contributed by atoms with E-state index in [1.54, 1.807) is 4.90 Å². The number of ether oxygens (including phenoxy) is 1. The third-order valence-electron chi connectivity index (χ3n) is 4.79. The molecule has 1 saturated heterocycles. The lowest BCUT2D eigenvalue weighted by Gasteiger charge is -2.35. The highest BCUT2D eigenvalue weighted by Crippen LogP contribution is 2.39. The lowest BCUT2D eigenvalue weighted by Crippen LogP contribution is -2.47.